The molecule has 5 rings (SSSR count). The van der Waals surface area contributed by atoms with Crippen molar-refractivity contribution < 1.29 is 4.57 Å². The molecule has 3 aromatic carbocycles. The van der Waals surface area contributed by atoms with Gasteiger partial charge < -0.3 is 0 Å². The summed E-state index contributed by atoms with van der Waals surface area (Å²) in [5.41, 5.74) is 6.76. The molecule has 0 saturated carbocycles. The molecule has 0 fully saturated rings. The van der Waals surface area contributed by atoms with Crippen LogP contribution < -0.4 is 4.57 Å². The fourth-order valence-corrected chi connectivity index (χ4v) is 5.60. The van der Waals surface area contributed by atoms with Crippen LogP contribution in [0.4, 0.5) is 0 Å². The third-order valence-electron chi connectivity index (χ3n) is 7.39. The fraction of sp³-hybridized carbons (Fsp3) is 0.233. The smallest absolute Gasteiger partial charge is 0.192 e. The van der Waals surface area contributed by atoms with E-state index in [0.717, 1.165) is 19.3 Å². The lowest BCUT2D eigenvalue weighted by atomic mass is 9.77. The first-order valence-corrected chi connectivity index (χ1v) is 11.5. The third-order valence-corrected chi connectivity index (χ3v) is 7.39. The lowest BCUT2D eigenvalue weighted by Crippen LogP contribution is -2.60. The summed E-state index contributed by atoms with van der Waals surface area (Å²) in [4.78, 5) is 0. The lowest BCUT2D eigenvalue weighted by Gasteiger charge is -2.34. The van der Waals surface area contributed by atoms with Crippen LogP contribution in [0.25, 0.3) is 45.0 Å². The van der Waals surface area contributed by atoms with E-state index < -0.39 is 0 Å². The van der Waals surface area contributed by atoms with E-state index in [9.17, 15) is 0 Å². The summed E-state index contributed by atoms with van der Waals surface area (Å²) in [7, 11) is 0. The largest absolute Gasteiger partial charge is 0.221 e. The Morgan fingerprint density at radius 3 is 2.48 bits per heavy atom. The van der Waals surface area contributed by atoms with Crippen molar-refractivity contribution in [1.29, 1.82) is 0 Å². The van der Waals surface area contributed by atoms with Gasteiger partial charge in [-0.2, -0.15) is 4.57 Å². The number of aromatic nitrogens is 1. The number of hydrogen-bond acceptors (Lipinski definition) is 0. The summed E-state index contributed by atoms with van der Waals surface area (Å²) in [5, 5.41) is 5.35. The highest BCUT2D eigenvalue weighted by Crippen LogP contribution is 2.42. The van der Waals surface area contributed by atoms with Crippen LogP contribution in [0.5, 0.6) is 0 Å². The maximum atomic E-state index is 4.05. The Labute approximate surface area is 185 Å². The number of allylic oxidation sites excluding steroid dienone is 1. The molecule has 2 heterocycles. The fourth-order valence-electron chi connectivity index (χ4n) is 5.60. The van der Waals surface area contributed by atoms with Crippen LogP contribution in [0, 0.1) is 0 Å². The number of fused-ring (bicyclic) bond motifs is 7. The Kier molecular flexibility index (Phi) is 4.78. The summed E-state index contributed by atoms with van der Waals surface area (Å²) in [6.45, 7) is 10.8. The molecule has 0 atom stereocenters. The zero-order valence-corrected chi connectivity index (χ0v) is 18.8. The number of rotatable bonds is 4. The predicted molar refractivity (Wildman–Crippen MR) is 134 cm³/mol. The number of hydrogen-bond donors (Lipinski definition) is 0. The highest BCUT2D eigenvalue weighted by molar-refractivity contribution is 6.02. The van der Waals surface area contributed by atoms with Crippen molar-refractivity contribution in [3.05, 3.63) is 90.1 Å². The highest BCUT2D eigenvalue weighted by atomic mass is 15.1. The summed E-state index contributed by atoms with van der Waals surface area (Å²) in [6.07, 6.45) is 11.9. The van der Waals surface area contributed by atoms with Crippen LogP contribution in [0.3, 0.4) is 0 Å². The van der Waals surface area contributed by atoms with E-state index in [4.69, 9.17) is 0 Å². The molecule has 0 aliphatic carbocycles. The molecule has 0 bridgehead atoms. The number of nitrogens with zero attached hydrogens (tertiary/aromatic N) is 1. The molecule has 0 radical (unpaired) electrons. The first kappa shape index (κ1) is 19.8. The minimum Gasteiger partial charge on any atom is -0.192 e. The minimum atomic E-state index is 0.0957. The zero-order chi connectivity index (χ0) is 21.6. The second kappa shape index (κ2) is 7.50. The summed E-state index contributed by atoms with van der Waals surface area (Å²) in [5.74, 6) is 0. The maximum Gasteiger partial charge on any atom is 0.221 e. The topological polar surface area (TPSA) is 3.88 Å². The van der Waals surface area contributed by atoms with E-state index in [1.54, 1.807) is 0 Å². The molecule has 1 nitrogen and oxygen atoms in total. The van der Waals surface area contributed by atoms with Crippen LogP contribution in [-0.2, 0) is 12.0 Å². The van der Waals surface area contributed by atoms with Crippen molar-refractivity contribution in [3.8, 4) is 11.3 Å². The third kappa shape index (κ3) is 2.80. The van der Waals surface area contributed by atoms with Crippen LogP contribution in [0.1, 0.15) is 50.3 Å². The number of benzene rings is 3. The standard InChI is InChI=1S/C30H30N/c1-5-11-23-21(6-2)14-16-26-25(23)18-19-31-29(26)27-17-15-22-12-9-10-13-24(22)28(27)20-30(31,7-3)8-4/h5-6,9-19H,2,7-8,20H2,1,3-4H3/q+1/b11-5-. The van der Waals surface area contributed by atoms with Crippen molar-refractivity contribution in [2.24, 2.45) is 0 Å². The van der Waals surface area contributed by atoms with Gasteiger partial charge in [0.25, 0.3) is 0 Å². The Morgan fingerprint density at radius 2 is 1.74 bits per heavy atom. The highest BCUT2D eigenvalue weighted by Gasteiger charge is 2.44. The average molecular weight is 405 g/mol. The van der Waals surface area contributed by atoms with Gasteiger partial charge in [-0.25, -0.2) is 0 Å². The molecule has 154 valence electrons. The van der Waals surface area contributed by atoms with Crippen molar-refractivity contribution >= 4 is 33.7 Å². The Bertz CT molecular complexity index is 1350. The van der Waals surface area contributed by atoms with E-state index in [1.165, 1.54) is 49.5 Å². The van der Waals surface area contributed by atoms with Gasteiger partial charge in [-0.1, -0.05) is 75.1 Å². The van der Waals surface area contributed by atoms with Gasteiger partial charge in [0.05, 0.1) is 10.9 Å². The molecule has 0 N–H and O–H groups in total. The van der Waals surface area contributed by atoms with Gasteiger partial charge in [-0.3, -0.25) is 0 Å². The van der Waals surface area contributed by atoms with Gasteiger partial charge in [0.2, 0.25) is 5.69 Å². The molecule has 0 amide bonds. The van der Waals surface area contributed by atoms with Crippen molar-refractivity contribution in [3.63, 3.8) is 0 Å². The molecule has 1 aliphatic rings. The van der Waals surface area contributed by atoms with Crippen LogP contribution in [-0.4, -0.2) is 0 Å². The normalized spacial score (nSPS) is 14.7. The van der Waals surface area contributed by atoms with Crippen molar-refractivity contribution in [2.45, 2.75) is 45.6 Å². The average Bonchev–Trinajstić information content (AvgIpc) is 2.83. The predicted octanol–water partition coefficient (Wildman–Crippen LogP) is 7.70. The van der Waals surface area contributed by atoms with Crippen LogP contribution in [0.2, 0.25) is 0 Å². The first-order chi connectivity index (χ1) is 15.2. The van der Waals surface area contributed by atoms with Gasteiger partial charge in [-0.05, 0) is 46.5 Å². The van der Waals surface area contributed by atoms with Crippen molar-refractivity contribution in [1.82, 2.24) is 0 Å². The van der Waals surface area contributed by atoms with E-state index >= 15 is 0 Å². The SMILES string of the molecule is C=Cc1ccc2c3[n+](ccc2c1/C=C\C)C(CC)(CC)Cc1c-3ccc2ccccc12. The van der Waals surface area contributed by atoms with Crippen molar-refractivity contribution in [2.75, 3.05) is 0 Å². The Morgan fingerprint density at radius 1 is 0.935 bits per heavy atom. The van der Waals surface area contributed by atoms with Gasteiger partial charge >= 0.3 is 0 Å². The lowest BCUT2D eigenvalue weighted by molar-refractivity contribution is -0.757. The Hall–Kier alpha value is -3.19. The molecule has 0 spiro atoms. The molecular weight excluding hydrogens is 374 g/mol. The van der Waals surface area contributed by atoms with E-state index in [-0.39, 0.29) is 5.54 Å². The molecule has 4 aromatic rings. The van der Waals surface area contributed by atoms with Gasteiger partial charge in [0.1, 0.15) is 0 Å². The van der Waals surface area contributed by atoms with Gasteiger partial charge in [-0.15, -0.1) is 0 Å². The Balaban J connectivity index is 1.96. The minimum absolute atomic E-state index is 0.0957. The molecular formula is C30H30N+. The molecule has 0 unspecified atom stereocenters. The maximum absolute atomic E-state index is 4.05. The summed E-state index contributed by atoms with van der Waals surface area (Å²) >= 11 is 0. The second-order valence-electron chi connectivity index (χ2n) is 8.69. The summed E-state index contributed by atoms with van der Waals surface area (Å²) in [6, 6.07) is 20.3. The monoisotopic (exact) mass is 404 g/mol. The molecule has 31 heavy (non-hydrogen) atoms. The van der Waals surface area contributed by atoms with E-state index in [2.05, 4.69) is 105 Å². The quantitative estimate of drug-likeness (QED) is 0.307. The molecule has 1 aliphatic heterocycles. The number of pyridine rings is 1. The molecule has 1 heteroatoms. The van der Waals surface area contributed by atoms with E-state index in [0.29, 0.717) is 0 Å². The second-order valence-corrected chi connectivity index (χ2v) is 8.69. The summed E-state index contributed by atoms with van der Waals surface area (Å²) < 4.78 is 2.58. The van der Waals surface area contributed by atoms with Gasteiger partial charge in [0.15, 0.2) is 11.7 Å². The van der Waals surface area contributed by atoms with Crippen LogP contribution in [0.15, 0.2) is 73.4 Å². The van der Waals surface area contributed by atoms with Gasteiger partial charge in [0, 0.05) is 30.7 Å². The first-order valence-electron chi connectivity index (χ1n) is 11.5. The molecule has 1 aromatic heterocycles. The molecule has 0 saturated heterocycles. The van der Waals surface area contributed by atoms with Crippen LogP contribution >= 0.6 is 0 Å². The van der Waals surface area contributed by atoms with E-state index in [1.807, 2.05) is 6.08 Å². The zero-order valence-electron chi connectivity index (χ0n) is 18.8.